The van der Waals surface area contributed by atoms with Crippen molar-refractivity contribution in [1.29, 1.82) is 0 Å². The number of anilines is 2. The zero-order valence-corrected chi connectivity index (χ0v) is 17.0. The number of H-pyrrole nitrogens is 1. The van der Waals surface area contributed by atoms with E-state index in [1.807, 2.05) is 56.3 Å². The molecule has 0 saturated carbocycles. The molecule has 0 aliphatic heterocycles. The molecule has 0 atom stereocenters. The van der Waals surface area contributed by atoms with Crippen LogP contribution in [0, 0.1) is 0 Å². The first-order chi connectivity index (χ1) is 15.0. The molecule has 0 radical (unpaired) electrons. The van der Waals surface area contributed by atoms with Crippen molar-refractivity contribution < 1.29 is 9.21 Å². The second-order valence-electron chi connectivity index (χ2n) is 7.55. The van der Waals surface area contributed by atoms with Gasteiger partial charge in [-0.1, -0.05) is 12.1 Å². The number of aromatic nitrogens is 4. The molecule has 0 unspecified atom stereocenters. The Kier molecular flexibility index (Phi) is 4.59. The first-order valence-corrected chi connectivity index (χ1v) is 9.93. The molecule has 5 rings (SSSR count). The minimum Gasteiger partial charge on any atom is -0.451 e. The third-order valence-electron chi connectivity index (χ3n) is 4.79. The van der Waals surface area contributed by atoms with Crippen LogP contribution in [0.3, 0.4) is 0 Å². The van der Waals surface area contributed by atoms with Crippen LogP contribution < -0.4 is 10.6 Å². The van der Waals surface area contributed by atoms with E-state index in [2.05, 4.69) is 30.8 Å². The van der Waals surface area contributed by atoms with Crippen LogP contribution in [-0.2, 0) is 0 Å². The number of nitrogens with zero attached hydrogens (tertiary/aromatic N) is 3. The predicted octanol–water partition coefficient (Wildman–Crippen LogP) is 4.65. The van der Waals surface area contributed by atoms with Crippen LogP contribution in [0.2, 0.25) is 0 Å². The number of rotatable bonds is 5. The molecular formula is C23H20N6O2. The maximum Gasteiger partial charge on any atom is 0.287 e. The van der Waals surface area contributed by atoms with Gasteiger partial charge in [-0.25, -0.2) is 9.97 Å². The fourth-order valence-corrected chi connectivity index (χ4v) is 3.35. The van der Waals surface area contributed by atoms with Crippen LogP contribution >= 0.6 is 0 Å². The lowest BCUT2D eigenvalue weighted by molar-refractivity contribution is 0.0917. The van der Waals surface area contributed by atoms with Crippen molar-refractivity contribution in [3.63, 3.8) is 0 Å². The average Bonchev–Trinajstić information content (AvgIpc) is 3.39. The number of aromatic amines is 1. The summed E-state index contributed by atoms with van der Waals surface area (Å²) in [4.78, 5) is 21.2. The van der Waals surface area contributed by atoms with Gasteiger partial charge in [0.2, 0.25) is 0 Å². The summed E-state index contributed by atoms with van der Waals surface area (Å²) in [5, 5.41) is 15.0. The topological polar surface area (TPSA) is 109 Å². The largest absolute Gasteiger partial charge is 0.451 e. The van der Waals surface area contributed by atoms with E-state index in [1.54, 1.807) is 18.5 Å². The fraction of sp³-hybridized carbons (Fsp3) is 0.130. The van der Waals surface area contributed by atoms with E-state index >= 15 is 0 Å². The molecule has 1 amide bonds. The van der Waals surface area contributed by atoms with Crippen LogP contribution in [0.15, 0.2) is 65.3 Å². The molecule has 0 aliphatic carbocycles. The van der Waals surface area contributed by atoms with Gasteiger partial charge in [0.1, 0.15) is 11.4 Å². The van der Waals surface area contributed by atoms with E-state index in [0.29, 0.717) is 17.2 Å². The van der Waals surface area contributed by atoms with Crippen molar-refractivity contribution in [2.24, 2.45) is 0 Å². The van der Waals surface area contributed by atoms with Gasteiger partial charge in [0, 0.05) is 34.3 Å². The lowest BCUT2D eigenvalue weighted by atomic mass is 10.1. The second-order valence-corrected chi connectivity index (χ2v) is 7.55. The molecular weight excluding hydrogens is 392 g/mol. The zero-order valence-electron chi connectivity index (χ0n) is 17.0. The summed E-state index contributed by atoms with van der Waals surface area (Å²) in [7, 11) is 0. The van der Waals surface area contributed by atoms with Crippen LogP contribution in [0.1, 0.15) is 24.4 Å². The van der Waals surface area contributed by atoms with E-state index in [1.165, 1.54) is 0 Å². The molecule has 3 N–H and O–H groups in total. The van der Waals surface area contributed by atoms with Crippen molar-refractivity contribution in [2.75, 3.05) is 5.32 Å². The molecule has 31 heavy (non-hydrogen) atoms. The summed E-state index contributed by atoms with van der Waals surface area (Å²) < 4.78 is 5.76. The van der Waals surface area contributed by atoms with Crippen LogP contribution in [0.5, 0.6) is 0 Å². The Balaban J connectivity index is 1.42. The molecule has 154 valence electrons. The number of carbonyl (C=O) groups is 1. The number of hydrogen-bond donors (Lipinski definition) is 3. The van der Waals surface area contributed by atoms with E-state index in [-0.39, 0.29) is 17.7 Å². The Morgan fingerprint density at radius 3 is 2.84 bits per heavy atom. The minimum atomic E-state index is -0.232. The van der Waals surface area contributed by atoms with Gasteiger partial charge in [-0.05, 0) is 50.2 Å². The van der Waals surface area contributed by atoms with Gasteiger partial charge in [-0.15, -0.1) is 0 Å². The molecule has 2 aromatic carbocycles. The Morgan fingerprint density at radius 1 is 1.06 bits per heavy atom. The lowest BCUT2D eigenvalue weighted by Crippen LogP contribution is -2.29. The molecule has 0 spiro atoms. The third-order valence-corrected chi connectivity index (χ3v) is 4.79. The first-order valence-electron chi connectivity index (χ1n) is 9.93. The molecule has 0 bridgehead atoms. The van der Waals surface area contributed by atoms with Crippen molar-refractivity contribution in [1.82, 2.24) is 25.5 Å². The maximum absolute atomic E-state index is 12.2. The normalized spacial score (nSPS) is 11.3. The molecule has 0 saturated heterocycles. The number of benzene rings is 2. The molecule has 8 heteroatoms. The quantitative estimate of drug-likeness (QED) is 0.388. The number of carbonyl (C=O) groups excluding carboxylic acids is 1. The van der Waals surface area contributed by atoms with Crippen molar-refractivity contribution in [3.05, 3.63) is 66.7 Å². The number of hydrogen-bond acceptors (Lipinski definition) is 6. The van der Waals surface area contributed by atoms with Crippen LogP contribution in [0.4, 0.5) is 11.5 Å². The Morgan fingerprint density at radius 2 is 1.97 bits per heavy atom. The summed E-state index contributed by atoms with van der Waals surface area (Å²) in [6.45, 7) is 3.81. The van der Waals surface area contributed by atoms with Gasteiger partial charge in [-0.2, -0.15) is 5.10 Å². The summed E-state index contributed by atoms with van der Waals surface area (Å²) in [5.41, 5.74) is 3.29. The number of amides is 1. The van der Waals surface area contributed by atoms with E-state index < -0.39 is 0 Å². The van der Waals surface area contributed by atoms with Gasteiger partial charge in [-0.3, -0.25) is 9.89 Å². The van der Waals surface area contributed by atoms with Gasteiger partial charge in [0.05, 0.1) is 11.7 Å². The molecule has 3 heterocycles. The minimum absolute atomic E-state index is 0.0362. The van der Waals surface area contributed by atoms with Crippen molar-refractivity contribution in [2.45, 2.75) is 19.9 Å². The van der Waals surface area contributed by atoms with Gasteiger partial charge >= 0.3 is 0 Å². The third kappa shape index (κ3) is 3.83. The molecule has 3 aromatic heterocycles. The Hall–Kier alpha value is -4.20. The van der Waals surface area contributed by atoms with E-state index in [9.17, 15) is 4.79 Å². The first kappa shape index (κ1) is 18.8. The maximum atomic E-state index is 12.2. The highest BCUT2D eigenvalue weighted by Crippen LogP contribution is 2.26. The molecule has 8 nitrogen and oxygen atoms in total. The molecule has 5 aromatic rings. The van der Waals surface area contributed by atoms with Gasteiger partial charge in [0.15, 0.2) is 11.6 Å². The highest BCUT2D eigenvalue weighted by molar-refractivity contribution is 5.96. The number of furan rings is 1. The van der Waals surface area contributed by atoms with Gasteiger partial charge in [0.25, 0.3) is 5.91 Å². The Labute approximate surface area is 177 Å². The molecule has 0 aliphatic rings. The zero-order chi connectivity index (χ0) is 21.4. The number of nitrogens with one attached hydrogen (secondary N) is 3. The van der Waals surface area contributed by atoms with Crippen molar-refractivity contribution >= 4 is 39.3 Å². The summed E-state index contributed by atoms with van der Waals surface area (Å²) in [5.74, 6) is 1.28. The Bertz CT molecular complexity index is 1400. The summed E-state index contributed by atoms with van der Waals surface area (Å²) in [6.07, 6.45) is 3.48. The van der Waals surface area contributed by atoms with Crippen molar-refractivity contribution in [3.8, 4) is 11.4 Å². The average molecular weight is 412 g/mol. The van der Waals surface area contributed by atoms with E-state index in [0.717, 1.165) is 27.5 Å². The van der Waals surface area contributed by atoms with Gasteiger partial charge < -0.3 is 15.1 Å². The highest BCUT2D eigenvalue weighted by atomic mass is 16.3. The smallest absolute Gasteiger partial charge is 0.287 e. The van der Waals surface area contributed by atoms with Crippen LogP contribution in [0.25, 0.3) is 33.3 Å². The monoisotopic (exact) mass is 412 g/mol. The number of fused-ring (bicyclic) bond motifs is 2. The fourth-order valence-electron chi connectivity index (χ4n) is 3.35. The standard InChI is InChI=1S/C23H20N6O2/c1-13(2)26-23(30)20-10-14-3-4-15(11-19(14)31-20)22-24-8-7-21(28-22)27-17-5-6-18-16(9-17)12-25-29-18/h3-13H,1-2H3,(H,25,29)(H,26,30)(H,24,27,28). The van der Waals surface area contributed by atoms with Crippen LogP contribution in [-0.4, -0.2) is 32.1 Å². The summed E-state index contributed by atoms with van der Waals surface area (Å²) in [6, 6.07) is 15.2. The second kappa shape index (κ2) is 7.56. The highest BCUT2D eigenvalue weighted by Gasteiger charge is 2.14. The molecule has 0 fully saturated rings. The summed E-state index contributed by atoms with van der Waals surface area (Å²) >= 11 is 0. The predicted molar refractivity (Wildman–Crippen MR) is 119 cm³/mol. The lowest BCUT2D eigenvalue weighted by Gasteiger charge is -2.07. The SMILES string of the molecule is CC(C)NC(=O)c1cc2ccc(-c3nccc(Nc4ccc5[nH]ncc5c4)n3)cc2o1. The van der Waals surface area contributed by atoms with E-state index in [4.69, 9.17) is 4.42 Å².